The first-order chi connectivity index (χ1) is 12.2. The van der Waals surface area contributed by atoms with Gasteiger partial charge in [0.05, 0.1) is 6.20 Å². The Bertz CT molecular complexity index is 989. The molecule has 1 aliphatic carbocycles. The average molecular weight is 336 g/mol. The average Bonchev–Trinajstić information content (AvgIpc) is 3.32. The van der Waals surface area contributed by atoms with Crippen molar-refractivity contribution in [3.63, 3.8) is 0 Å². The Kier molecular flexibility index (Phi) is 3.10. The first-order valence-corrected chi connectivity index (χ1v) is 8.73. The third-order valence-corrected chi connectivity index (χ3v) is 5.47. The van der Waals surface area contributed by atoms with Gasteiger partial charge in [0.1, 0.15) is 5.39 Å². The van der Waals surface area contributed by atoms with Crippen LogP contribution in [-0.2, 0) is 7.05 Å². The summed E-state index contributed by atoms with van der Waals surface area (Å²) >= 11 is 0. The van der Waals surface area contributed by atoms with E-state index in [2.05, 4.69) is 37.4 Å². The zero-order valence-electron chi connectivity index (χ0n) is 14.1. The predicted molar refractivity (Wildman–Crippen MR) is 97.3 cm³/mol. The molecule has 3 heterocycles. The molecule has 2 N–H and O–H groups in total. The second kappa shape index (κ2) is 5.34. The standard InChI is InChI=1S/C18H20N6O/c1-23-16-15(9-19-23)17(25)22-18(21-16)20-12-3-6-13(7-4-12)24-10-11-2-5-14(24)8-11/h3-4,6-7,9,11,14H,2,5,8,10H2,1H3,(H2,20,21,22,25). The highest BCUT2D eigenvalue weighted by Crippen LogP contribution is 2.40. The minimum absolute atomic E-state index is 0.190. The van der Waals surface area contributed by atoms with Crippen molar-refractivity contribution in [2.45, 2.75) is 25.3 Å². The second-order valence-corrected chi connectivity index (χ2v) is 7.08. The van der Waals surface area contributed by atoms with Crippen molar-refractivity contribution in [3.05, 3.63) is 40.8 Å². The fraction of sp³-hybridized carbons (Fsp3) is 0.389. The summed E-state index contributed by atoms with van der Waals surface area (Å²) in [4.78, 5) is 21.8. The van der Waals surface area contributed by atoms with Crippen LogP contribution in [0.3, 0.4) is 0 Å². The van der Waals surface area contributed by atoms with Crippen molar-refractivity contribution in [1.29, 1.82) is 0 Å². The van der Waals surface area contributed by atoms with E-state index in [4.69, 9.17) is 0 Å². The van der Waals surface area contributed by atoms with Crippen molar-refractivity contribution < 1.29 is 0 Å². The van der Waals surface area contributed by atoms with Crippen LogP contribution >= 0.6 is 0 Å². The molecule has 128 valence electrons. The maximum absolute atomic E-state index is 12.1. The molecular formula is C18H20N6O. The molecule has 7 heteroatoms. The minimum atomic E-state index is -0.190. The van der Waals surface area contributed by atoms with Crippen molar-refractivity contribution in [3.8, 4) is 0 Å². The summed E-state index contributed by atoms with van der Waals surface area (Å²) in [5, 5.41) is 7.75. The predicted octanol–water partition coefficient (Wildman–Crippen LogP) is 2.39. The number of hydrogen-bond acceptors (Lipinski definition) is 5. The molecular weight excluding hydrogens is 316 g/mol. The van der Waals surface area contributed by atoms with Crippen molar-refractivity contribution in [2.24, 2.45) is 13.0 Å². The Morgan fingerprint density at radius 2 is 2.08 bits per heavy atom. The Hall–Kier alpha value is -2.83. The molecule has 0 amide bonds. The molecule has 2 aliphatic rings. The third-order valence-electron chi connectivity index (χ3n) is 5.47. The number of benzene rings is 1. The fourth-order valence-electron chi connectivity index (χ4n) is 4.21. The molecule has 1 saturated carbocycles. The van der Waals surface area contributed by atoms with E-state index in [0.29, 0.717) is 23.0 Å². The first-order valence-electron chi connectivity index (χ1n) is 8.73. The van der Waals surface area contributed by atoms with E-state index < -0.39 is 0 Å². The van der Waals surface area contributed by atoms with Crippen LogP contribution in [0.5, 0.6) is 0 Å². The van der Waals surface area contributed by atoms with Gasteiger partial charge in [-0.3, -0.25) is 14.5 Å². The van der Waals surface area contributed by atoms with Gasteiger partial charge in [-0.1, -0.05) is 0 Å². The smallest absolute Gasteiger partial charge is 0.263 e. The van der Waals surface area contributed by atoms with E-state index in [9.17, 15) is 4.79 Å². The number of fused-ring (bicyclic) bond motifs is 3. The number of aryl methyl sites for hydroxylation is 1. The SMILES string of the molecule is Cn1ncc2c(=O)[nH]c(Nc3ccc(N4CC5CCC4C5)cc3)nc21. The van der Waals surface area contributed by atoms with Crippen molar-refractivity contribution >= 4 is 28.4 Å². The van der Waals surface area contributed by atoms with Crippen LogP contribution in [0.2, 0.25) is 0 Å². The van der Waals surface area contributed by atoms with Crippen molar-refractivity contribution in [2.75, 3.05) is 16.8 Å². The summed E-state index contributed by atoms with van der Waals surface area (Å²) in [7, 11) is 1.77. The van der Waals surface area contributed by atoms with Crippen LogP contribution in [0.4, 0.5) is 17.3 Å². The Morgan fingerprint density at radius 3 is 2.80 bits per heavy atom. The summed E-state index contributed by atoms with van der Waals surface area (Å²) in [5.74, 6) is 1.30. The number of rotatable bonds is 3. The fourth-order valence-corrected chi connectivity index (χ4v) is 4.21. The lowest BCUT2D eigenvalue weighted by Gasteiger charge is -2.29. The molecule has 3 aromatic rings. The molecule has 0 spiro atoms. The number of aromatic amines is 1. The highest BCUT2D eigenvalue weighted by Gasteiger charge is 2.37. The molecule has 1 saturated heterocycles. The molecule has 1 aromatic carbocycles. The number of hydrogen-bond donors (Lipinski definition) is 2. The van der Waals surface area contributed by atoms with Crippen LogP contribution in [0.15, 0.2) is 35.3 Å². The van der Waals surface area contributed by atoms with Crippen LogP contribution in [-0.4, -0.2) is 32.3 Å². The highest BCUT2D eigenvalue weighted by atomic mass is 16.1. The van der Waals surface area contributed by atoms with Gasteiger partial charge >= 0.3 is 0 Å². The second-order valence-electron chi connectivity index (χ2n) is 7.08. The van der Waals surface area contributed by atoms with Gasteiger partial charge in [-0.2, -0.15) is 10.1 Å². The molecule has 7 nitrogen and oxygen atoms in total. The van der Waals surface area contributed by atoms with Crippen LogP contribution < -0.4 is 15.8 Å². The normalized spacial score (nSPS) is 22.0. The van der Waals surface area contributed by atoms with E-state index in [1.807, 2.05) is 12.1 Å². The molecule has 1 aliphatic heterocycles. The number of anilines is 3. The van der Waals surface area contributed by atoms with Gasteiger partial charge in [-0.25, -0.2) is 0 Å². The largest absolute Gasteiger partial charge is 0.368 e. The summed E-state index contributed by atoms with van der Waals surface area (Å²) in [6, 6.07) is 9.07. The van der Waals surface area contributed by atoms with Gasteiger partial charge in [0.2, 0.25) is 5.95 Å². The van der Waals surface area contributed by atoms with E-state index >= 15 is 0 Å². The molecule has 2 bridgehead atoms. The van der Waals surface area contributed by atoms with Gasteiger partial charge in [0, 0.05) is 31.0 Å². The van der Waals surface area contributed by atoms with E-state index in [1.54, 1.807) is 11.7 Å². The first kappa shape index (κ1) is 14.5. The molecule has 2 fully saturated rings. The highest BCUT2D eigenvalue weighted by molar-refractivity contribution is 5.75. The summed E-state index contributed by atoms with van der Waals surface area (Å²) in [6.45, 7) is 1.18. The number of nitrogens with one attached hydrogen (secondary N) is 2. The van der Waals surface area contributed by atoms with E-state index in [1.165, 1.54) is 37.7 Å². The molecule has 2 atom stereocenters. The van der Waals surface area contributed by atoms with Gasteiger partial charge in [-0.05, 0) is 49.4 Å². The molecule has 0 radical (unpaired) electrons. The van der Waals surface area contributed by atoms with E-state index in [0.717, 1.165) is 11.6 Å². The number of piperidine rings is 1. The summed E-state index contributed by atoms with van der Waals surface area (Å²) < 4.78 is 1.60. The maximum atomic E-state index is 12.1. The third kappa shape index (κ3) is 2.38. The minimum Gasteiger partial charge on any atom is -0.368 e. The lowest BCUT2D eigenvalue weighted by molar-refractivity contribution is 0.553. The van der Waals surface area contributed by atoms with E-state index in [-0.39, 0.29) is 5.56 Å². The topological polar surface area (TPSA) is 78.8 Å². The van der Waals surface area contributed by atoms with Gasteiger partial charge in [0.25, 0.3) is 5.56 Å². The van der Waals surface area contributed by atoms with Crippen molar-refractivity contribution in [1.82, 2.24) is 19.7 Å². The van der Waals surface area contributed by atoms with Gasteiger partial charge in [-0.15, -0.1) is 0 Å². The quantitative estimate of drug-likeness (QED) is 0.768. The zero-order chi connectivity index (χ0) is 17.0. The monoisotopic (exact) mass is 336 g/mol. The Morgan fingerprint density at radius 1 is 1.24 bits per heavy atom. The summed E-state index contributed by atoms with van der Waals surface area (Å²) in [6.07, 6.45) is 5.58. The van der Waals surface area contributed by atoms with Crippen LogP contribution in [0, 0.1) is 5.92 Å². The zero-order valence-corrected chi connectivity index (χ0v) is 14.1. The number of aromatic nitrogens is 4. The lowest BCUT2D eigenvalue weighted by atomic mass is 10.1. The molecule has 5 rings (SSSR count). The van der Waals surface area contributed by atoms with Crippen LogP contribution in [0.1, 0.15) is 19.3 Å². The molecule has 25 heavy (non-hydrogen) atoms. The number of nitrogens with zero attached hydrogens (tertiary/aromatic N) is 4. The molecule has 2 unspecified atom stereocenters. The number of H-pyrrole nitrogens is 1. The van der Waals surface area contributed by atoms with Gasteiger partial charge in [0.15, 0.2) is 5.65 Å². The molecule has 2 aromatic heterocycles. The van der Waals surface area contributed by atoms with Crippen LogP contribution in [0.25, 0.3) is 11.0 Å². The lowest BCUT2D eigenvalue weighted by Crippen LogP contribution is -2.31. The Balaban J connectivity index is 1.39. The Labute approximate surface area is 144 Å². The summed E-state index contributed by atoms with van der Waals surface area (Å²) in [5.41, 5.74) is 2.56. The van der Waals surface area contributed by atoms with Gasteiger partial charge < -0.3 is 10.2 Å². The maximum Gasteiger partial charge on any atom is 0.263 e.